The van der Waals surface area contributed by atoms with Crippen molar-refractivity contribution in [3.05, 3.63) is 59.7 Å². The maximum Gasteiger partial charge on any atom is 0.146 e. The lowest BCUT2D eigenvalue weighted by atomic mass is 9.98. The molecule has 1 aromatic heterocycles. The Hall–Kier alpha value is -1.94. The summed E-state index contributed by atoms with van der Waals surface area (Å²) in [6.07, 6.45) is 2.84. The first-order chi connectivity index (χ1) is 9.77. The van der Waals surface area contributed by atoms with E-state index in [1.165, 1.54) is 6.20 Å². The van der Waals surface area contributed by atoms with E-state index in [0.29, 0.717) is 12.2 Å². The smallest absolute Gasteiger partial charge is 0.146 e. The largest absolute Gasteiger partial charge is 0.494 e. The van der Waals surface area contributed by atoms with Gasteiger partial charge in [0.25, 0.3) is 0 Å². The molecule has 0 fully saturated rings. The molecule has 1 aromatic carbocycles. The van der Waals surface area contributed by atoms with Crippen LogP contribution in [0.15, 0.2) is 42.7 Å². The fourth-order valence-electron chi connectivity index (χ4n) is 2.22. The molecule has 1 heterocycles. The maximum atomic E-state index is 14.0. The van der Waals surface area contributed by atoms with Crippen LogP contribution in [0.1, 0.15) is 31.0 Å². The minimum absolute atomic E-state index is 0.245. The van der Waals surface area contributed by atoms with Crippen molar-refractivity contribution in [2.24, 2.45) is 0 Å². The Balaban J connectivity index is 2.46. The fraction of sp³-hybridized carbons (Fsp3) is 0.312. The molecule has 1 N–H and O–H groups in total. The van der Waals surface area contributed by atoms with Crippen LogP contribution in [0.5, 0.6) is 5.75 Å². The summed E-state index contributed by atoms with van der Waals surface area (Å²) in [6.45, 7) is 5.24. The summed E-state index contributed by atoms with van der Waals surface area (Å²) < 4.78 is 19.7. The second kappa shape index (κ2) is 7.01. The number of aromatic nitrogens is 1. The lowest BCUT2D eigenvalue weighted by molar-refractivity contribution is 0.333. The van der Waals surface area contributed by atoms with Gasteiger partial charge in [-0.1, -0.05) is 25.1 Å². The Kier molecular flexibility index (Phi) is 5.07. The topological polar surface area (TPSA) is 34.2 Å². The molecular weight excluding hydrogens is 255 g/mol. The van der Waals surface area contributed by atoms with Gasteiger partial charge in [-0.3, -0.25) is 4.98 Å². The summed E-state index contributed by atoms with van der Waals surface area (Å²) in [5.41, 5.74) is 1.51. The van der Waals surface area contributed by atoms with Gasteiger partial charge in [-0.15, -0.1) is 0 Å². The van der Waals surface area contributed by atoms with E-state index in [1.54, 1.807) is 12.3 Å². The molecule has 1 atom stereocenters. The molecule has 2 rings (SSSR count). The lowest BCUT2D eigenvalue weighted by Crippen LogP contribution is -2.23. The van der Waals surface area contributed by atoms with Gasteiger partial charge in [0.2, 0.25) is 0 Å². The number of ether oxygens (including phenoxy) is 1. The van der Waals surface area contributed by atoms with E-state index >= 15 is 0 Å². The molecule has 4 heteroatoms. The second-order valence-electron chi connectivity index (χ2n) is 4.36. The molecule has 0 amide bonds. The van der Waals surface area contributed by atoms with Crippen molar-refractivity contribution < 1.29 is 9.13 Å². The van der Waals surface area contributed by atoms with Gasteiger partial charge in [-0.25, -0.2) is 4.39 Å². The maximum absolute atomic E-state index is 14.0. The fourth-order valence-corrected chi connectivity index (χ4v) is 2.22. The first kappa shape index (κ1) is 14.5. The third-order valence-electron chi connectivity index (χ3n) is 3.05. The number of nitrogens with one attached hydrogen (secondary N) is 1. The van der Waals surface area contributed by atoms with Crippen LogP contribution in [0.4, 0.5) is 4.39 Å². The highest BCUT2D eigenvalue weighted by atomic mass is 19.1. The van der Waals surface area contributed by atoms with Crippen LogP contribution in [0.3, 0.4) is 0 Å². The highest BCUT2D eigenvalue weighted by molar-refractivity contribution is 5.41. The lowest BCUT2D eigenvalue weighted by Gasteiger charge is -2.22. The zero-order chi connectivity index (χ0) is 14.4. The van der Waals surface area contributed by atoms with Gasteiger partial charge in [0.05, 0.1) is 18.8 Å². The summed E-state index contributed by atoms with van der Waals surface area (Å²) in [5.74, 6) is 0.460. The molecule has 106 valence electrons. The zero-order valence-electron chi connectivity index (χ0n) is 11.8. The number of rotatable bonds is 6. The molecule has 0 bridgehead atoms. The predicted molar refractivity (Wildman–Crippen MR) is 77.3 cm³/mol. The van der Waals surface area contributed by atoms with E-state index in [2.05, 4.69) is 10.3 Å². The molecule has 2 aromatic rings. The van der Waals surface area contributed by atoms with Crippen LogP contribution in [0.25, 0.3) is 0 Å². The third kappa shape index (κ3) is 3.14. The van der Waals surface area contributed by atoms with Crippen molar-refractivity contribution in [3.63, 3.8) is 0 Å². The molecule has 0 radical (unpaired) electrons. The van der Waals surface area contributed by atoms with E-state index in [-0.39, 0.29) is 11.9 Å². The first-order valence-corrected chi connectivity index (χ1v) is 6.82. The monoisotopic (exact) mass is 274 g/mol. The van der Waals surface area contributed by atoms with Crippen molar-refractivity contribution in [2.45, 2.75) is 19.9 Å². The quantitative estimate of drug-likeness (QED) is 0.877. The number of halogens is 1. The van der Waals surface area contributed by atoms with Crippen LogP contribution in [-0.4, -0.2) is 18.1 Å². The summed E-state index contributed by atoms with van der Waals surface area (Å²) in [6, 6.07) is 9.17. The minimum atomic E-state index is -0.315. The molecule has 0 aliphatic rings. The summed E-state index contributed by atoms with van der Waals surface area (Å²) in [7, 11) is 0. The molecule has 0 aliphatic carbocycles. The van der Waals surface area contributed by atoms with E-state index in [0.717, 1.165) is 17.9 Å². The van der Waals surface area contributed by atoms with Gasteiger partial charge in [0.1, 0.15) is 11.6 Å². The third-order valence-corrected chi connectivity index (χ3v) is 3.05. The second-order valence-corrected chi connectivity index (χ2v) is 4.36. The van der Waals surface area contributed by atoms with Gasteiger partial charge >= 0.3 is 0 Å². The number of nitrogens with zero attached hydrogens (tertiary/aromatic N) is 1. The van der Waals surface area contributed by atoms with E-state index < -0.39 is 0 Å². The molecule has 1 unspecified atom stereocenters. The number of benzene rings is 1. The Labute approximate surface area is 118 Å². The van der Waals surface area contributed by atoms with Crippen LogP contribution in [0.2, 0.25) is 0 Å². The summed E-state index contributed by atoms with van der Waals surface area (Å²) in [4.78, 5) is 3.81. The molecule has 0 spiro atoms. The summed E-state index contributed by atoms with van der Waals surface area (Å²) in [5, 5.41) is 3.31. The average Bonchev–Trinajstić information content (AvgIpc) is 2.47. The van der Waals surface area contributed by atoms with Gasteiger partial charge < -0.3 is 10.1 Å². The molecule has 3 nitrogen and oxygen atoms in total. The molecule has 0 aliphatic heterocycles. The van der Waals surface area contributed by atoms with Crippen molar-refractivity contribution in [1.82, 2.24) is 10.3 Å². The molecule has 0 saturated heterocycles. The number of para-hydroxylation sites is 1. The number of pyridine rings is 1. The molecule has 0 saturated carbocycles. The van der Waals surface area contributed by atoms with Crippen molar-refractivity contribution >= 4 is 0 Å². The van der Waals surface area contributed by atoms with Crippen molar-refractivity contribution in [3.8, 4) is 5.75 Å². The average molecular weight is 274 g/mol. The van der Waals surface area contributed by atoms with Gasteiger partial charge in [0, 0.05) is 17.3 Å². The highest BCUT2D eigenvalue weighted by Gasteiger charge is 2.20. The minimum Gasteiger partial charge on any atom is -0.494 e. The number of hydrogen-bond acceptors (Lipinski definition) is 3. The molecule has 20 heavy (non-hydrogen) atoms. The van der Waals surface area contributed by atoms with Crippen molar-refractivity contribution in [1.29, 1.82) is 0 Å². The van der Waals surface area contributed by atoms with Crippen LogP contribution in [0, 0.1) is 5.82 Å². The Morgan fingerprint density at radius 1 is 1.20 bits per heavy atom. The van der Waals surface area contributed by atoms with E-state index in [9.17, 15) is 4.39 Å². The van der Waals surface area contributed by atoms with Crippen molar-refractivity contribution in [2.75, 3.05) is 13.2 Å². The zero-order valence-corrected chi connectivity index (χ0v) is 11.8. The number of hydrogen-bond donors (Lipinski definition) is 1. The SMILES string of the molecule is CCNC(c1ccncc1F)c1ccccc1OCC. The van der Waals surface area contributed by atoms with Gasteiger partial charge in [-0.2, -0.15) is 0 Å². The van der Waals surface area contributed by atoms with Crippen LogP contribution < -0.4 is 10.1 Å². The predicted octanol–water partition coefficient (Wildman–Crippen LogP) is 3.32. The Bertz CT molecular complexity index is 560. The van der Waals surface area contributed by atoms with Crippen LogP contribution >= 0.6 is 0 Å². The van der Waals surface area contributed by atoms with E-state index in [1.807, 2.05) is 38.1 Å². The van der Waals surface area contributed by atoms with Crippen LogP contribution in [-0.2, 0) is 0 Å². The Morgan fingerprint density at radius 2 is 2.00 bits per heavy atom. The van der Waals surface area contributed by atoms with Gasteiger partial charge in [0.15, 0.2) is 0 Å². The van der Waals surface area contributed by atoms with E-state index in [4.69, 9.17) is 4.74 Å². The molecular formula is C16H19FN2O. The highest BCUT2D eigenvalue weighted by Crippen LogP contribution is 2.31. The Morgan fingerprint density at radius 3 is 2.70 bits per heavy atom. The standard InChI is InChI=1S/C16H19FN2O/c1-3-19-16(12-9-10-18-11-14(12)17)13-7-5-6-8-15(13)20-4-2/h5-11,16,19H,3-4H2,1-2H3. The van der Waals surface area contributed by atoms with Gasteiger partial charge in [-0.05, 0) is 25.6 Å². The first-order valence-electron chi connectivity index (χ1n) is 6.82. The normalized spacial score (nSPS) is 12.2. The summed E-state index contributed by atoms with van der Waals surface area (Å²) >= 11 is 0.